The Hall–Kier alpha value is -3.03. The number of carbonyl (C=O) groups excluding carboxylic acids is 2. The number of imidazole rings is 1. The Labute approximate surface area is 125 Å². The quantitative estimate of drug-likeness (QED) is 0.830. The summed E-state index contributed by atoms with van der Waals surface area (Å²) in [4.78, 5) is 34.9. The number of hydrogen-bond donors (Lipinski definition) is 2. The van der Waals surface area contributed by atoms with Gasteiger partial charge in [0.25, 0.3) is 11.8 Å². The molecule has 0 radical (unpaired) electrons. The largest absolute Gasteiger partial charge is 0.364 e. The molecule has 8 nitrogen and oxygen atoms in total. The van der Waals surface area contributed by atoms with Gasteiger partial charge in [-0.05, 0) is 12.3 Å². The van der Waals surface area contributed by atoms with Crippen molar-refractivity contribution >= 4 is 23.0 Å². The summed E-state index contributed by atoms with van der Waals surface area (Å²) in [6, 6.07) is 0. The lowest BCUT2D eigenvalue weighted by molar-refractivity contribution is 0.0989. The molecule has 0 aromatic carbocycles. The minimum atomic E-state index is -0.822. The molecule has 4 N–H and O–H groups in total. The van der Waals surface area contributed by atoms with Crippen LogP contribution in [-0.4, -0.2) is 31.3 Å². The summed E-state index contributed by atoms with van der Waals surface area (Å²) < 4.78 is 1.77. The van der Waals surface area contributed by atoms with E-state index in [0.29, 0.717) is 12.2 Å². The fourth-order valence-corrected chi connectivity index (χ4v) is 2.38. The predicted molar refractivity (Wildman–Crippen MR) is 78.7 cm³/mol. The molecule has 0 saturated carbocycles. The second-order valence-electron chi connectivity index (χ2n) is 5.00. The number of primary amides is 2. The Morgan fingerprint density at radius 1 is 1.23 bits per heavy atom. The van der Waals surface area contributed by atoms with Gasteiger partial charge in [-0.15, -0.1) is 0 Å². The van der Waals surface area contributed by atoms with E-state index in [0.717, 1.165) is 6.42 Å². The van der Waals surface area contributed by atoms with Crippen molar-refractivity contribution in [1.82, 2.24) is 19.5 Å². The average Bonchev–Trinajstić information content (AvgIpc) is 2.90. The van der Waals surface area contributed by atoms with Gasteiger partial charge in [-0.1, -0.05) is 24.3 Å². The van der Waals surface area contributed by atoms with Gasteiger partial charge in [0, 0.05) is 6.54 Å². The van der Waals surface area contributed by atoms with Crippen LogP contribution in [0.1, 0.15) is 27.5 Å². The fraction of sp³-hybridized carbons (Fsp3) is 0.214. The minimum Gasteiger partial charge on any atom is -0.364 e. The van der Waals surface area contributed by atoms with Crippen molar-refractivity contribution in [2.45, 2.75) is 13.0 Å². The van der Waals surface area contributed by atoms with Crippen molar-refractivity contribution < 1.29 is 9.59 Å². The molecule has 1 aliphatic rings. The number of fused-ring (bicyclic) bond motifs is 1. The summed E-state index contributed by atoms with van der Waals surface area (Å²) in [6.45, 7) is 0.616. The van der Waals surface area contributed by atoms with Crippen LogP contribution < -0.4 is 11.5 Å². The highest BCUT2D eigenvalue weighted by atomic mass is 16.2. The van der Waals surface area contributed by atoms with E-state index in [2.05, 4.69) is 27.1 Å². The Morgan fingerprint density at radius 3 is 2.68 bits per heavy atom. The molecule has 2 heterocycles. The lowest BCUT2D eigenvalue weighted by atomic mass is 10.0. The van der Waals surface area contributed by atoms with Crippen LogP contribution in [0.5, 0.6) is 0 Å². The van der Waals surface area contributed by atoms with Crippen molar-refractivity contribution in [3.05, 3.63) is 42.1 Å². The Bertz CT molecular complexity index is 820. The highest BCUT2D eigenvalue weighted by Gasteiger charge is 2.20. The van der Waals surface area contributed by atoms with Crippen LogP contribution >= 0.6 is 0 Å². The first kappa shape index (κ1) is 13.9. The monoisotopic (exact) mass is 298 g/mol. The molecule has 0 saturated heterocycles. The number of allylic oxidation sites excluding steroid dienone is 4. The van der Waals surface area contributed by atoms with Gasteiger partial charge < -0.3 is 16.0 Å². The van der Waals surface area contributed by atoms with Crippen LogP contribution in [0, 0.1) is 5.92 Å². The maximum atomic E-state index is 11.5. The first-order chi connectivity index (χ1) is 10.6. The van der Waals surface area contributed by atoms with Crippen LogP contribution in [0.25, 0.3) is 11.2 Å². The van der Waals surface area contributed by atoms with E-state index >= 15 is 0 Å². The number of nitrogens with zero attached hydrogens (tertiary/aromatic N) is 4. The maximum absolute atomic E-state index is 11.5. The molecule has 1 unspecified atom stereocenters. The minimum absolute atomic E-state index is 0.100. The third-order valence-electron chi connectivity index (χ3n) is 3.42. The highest BCUT2D eigenvalue weighted by molar-refractivity contribution is 6.03. The number of hydrogen-bond acceptors (Lipinski definition) is 5. The third-order valence-corrected chi connectivity index (χ3v) is 3.42. The van der Waals surface area contributed by atoms with E-state index in [9.17, 15) is 9.59 Å². The zero-order chi connectivity index (χ0) is 15.7. The summed E-state index contributed by atoms with van der Waals surface area (Å²) >= 11 is 0. The van der Waals surface area contributed by atoms with Gasteiger partial charge in [-0.2, -0.15) is 0 Å². The highest BCUT2D eigenvalue weighted by Crippen LogP contribution is 2.19. The molecular formula is C14H14N6O2. The molecule has 2 amide bonds. The summed E-state index contributed by atoms with van der Waals surface area (Å²) in [5, 5.41) is 0. The number of rotatable bonds is 4. The van der Waals surface area contributed by atoms with Crippen LogP contribution in [0.15, 0.2) is 30.6 Å². The van der Waals surface area contributed by atoms with Gasteiger partial charge in [0.15, 0.2) is 11.3 Å². The molecule has 1 aliphatic carbocycles. The standard InChI is InChI=1S/C14H14N6O2/c15-11(21)9-10-14(19-13(18-9)12(16)22)20(7-17-10)6-8-4-2-1-3-5-8/h1-4,7-8H,5-6H2,(H2,15,21)(H2,16,22). The average molecular weight is 298 g/mol. The van der Waals surface area contributed by atoms with Gasteiger partial charge in [0.2, 0.25) is 5.82 Å². The van der Waals surface area contributed by atoms with Crippen molar-refractivity contribution in [2.75, 3.05) is 0 Å². The van der Waals surface area contributed by atoms with Crippen molar-refractivity contribution in [2.24, 2.45) is 17.4 Å². The van der Waals surface area contributed by atoms with E-state index in [1.165, 1.54) is 0 Å². The fourth-order valence-electron chi connectivity index (χ4n) is 2.38. The first-order valence-corrected chi connectivity index (χ1v) is 6.72. The van der Waals surface area contributed by atoms with Crippen molar-refractivity contribution in [1.29, 1.82) is 0 Å². The molecule has 2 aromatic rings. The molecule has 3 rings (SSSR count). The Morgan fingerprint density at radius 2 is 2.05 bits per heavy atom. The summed E-state index contributed by atoms with van der Waals surface area (Å²) in [6.07, 6.45) is 10.6. The van der Waals surface area contributed by atoms with E-state index < -0.39 is 11.8 Å². The first-order valence-electron chi connectivity index (χ1n) is 6.72. The lowest BCUT2D eigenvalue weighted by Crippen LogP contribution is -2.21. The van der Waals surface area contributed by atoms with Gasteiger partial charge in [0.05, 0.1) is 6.33 Å². The van der Waals surface area contributed by atoms with Gasteiger partial charge >= 0.3 is 0 Å². The predicted octanol–water partition coefficient (Wildman–Crippen LogP) is 0.156. The molecule has 0 fully saturated rings. The van der Waals surface area contributed by atoms with Crippen LogP contribution in [0.3, 0.4) is 0 Å². The molecular weight excluding hydrogens is 284 g/mol. The molecule has 0 spiro atoms. The number of amides is 2. The molecule has 8 heteroatoms. The number of aromatic nitrogens is 4. The smallest absolute Gasteiger partial charge is 0.286 e. The van der Waals surface area contributed by atoms with Gasteiger partial charge in [-0.3, -0.25) is 9.59 Å². The summed E-state index contributed by atoms with van der Waals surface area (Å²) in [5.41, 5.74) is 11.0. The third kappa shape index (κ3) is 2.46. The molecule has 112 valence electrons. The van der Waals surface area contributed by atoms with E-state index in [1.54, 1.807) is 10.9 Å². The maximum Gasteiger partial charge on any atom is 0.286 e. The zero-order valence-electron chi connectivity index (χ0n) is 11.6. The van der Waals surface area contributed by atoms with Gasteiger partial charge in [-0.25, -0.2) is 15.0 Å². The van der Waals surface area contributed by atoms with Crippen LogP contribution in [0.4, 0.5) is 0 Å². The Kier molecular flexibility index (Phi) is 3.42. The summed E-state index contributed by atoms with van der Waals surface area (Å²) in [7, 11) is 0. The molecule has 0 bridgehead atoms. The lowest BCUT2D eigenvalue weighted by Gasteiger charge is -2.13. The van der Waals surface area contributed by atoms with Crippen molar-refractivity contribution in [3.63, 3.8) is 0 Å². The van der Waals surface area contributed by atoms with E-state index in [4.69, 9.17) is 11.5 Å². The number of nitrogens with two attached hydrogens (primary N) is 2. The normalized spacial score (nSPS) is 17.0. The topological polar surface area (TPSA) is 130 Å². The summed E-state index contributed by atoms with van der Waals surface area (Å²) in [5.74, 6) is -1.56. The zero-order valence-corrected chi connectivity index (χ0v) is 11.6. The van der Waals surface area contributed by atoms with E-state index in [1.807, 2.05) is 12.2 Å². The molecule has 2 aromatic heterocycles. The van der Waals surface area contributed by atoms with Crippen LogP contribution in [0.2, 0.25) is 0 Å². The van der Waals surface area contributed by atoms with Crippen molar-refractivity contribution in [3.8, 4) is 0 Å². The molecule has 22 heavy (non-hydrogen) atoms. The number of carbonyl (C=O) groups is 2. The van der Waals surface area contributed by atoms with Crippen LogP contribution in [-0.2, 0) is 6.54 Å². The van der Waals surface area contributed by atoms with Gasteiger partial charge in [0.1, 0.15) is 5.52 Å². The second-order valence-corrected chi connectivity index (χ2v) is 5.00. The van der Waals surface area contributed by atoms with E-state index in [-0.39, 0.29) is 23.0 Å². The SMILES string of the molecule is NC(=O)c1nc(C(N)=O)c2ncn(CC3C=CC=CC3)c2n1. The Balaban J connectivity index is 2.08. The second kappa shape index (κ2) is 5.40. The molecule has 0 aliphatic heterocycles. The molecule has 1 atom stereocenters.